The molecule has 0 spiro atoms. The van der Waals surface area contributed by atoms with Crippen LogP contribution in [0.2, 0.25) is 0 Å². The largest absolute Gasteiger partial charge is 0.507 e. The first-order chi connectivity index (χ1) is 39.1. The minimum absolute atomic E-state index is 0.267. The molecule has 0 aliphatic rings. The summed E-state index contributed by atoms with van der Waals surface area (Å²) < 4.78 is 0. The standard InChI is InChI=1S/C47H68O2.C31H42O2/c1-10-35(2)19-13-20-36(3)21-14-22-37(4)23-15-24-38(5)25-16-26-39(6)27-17-28-40(7)29-18-30-41(8)33-34-43-42(9)46(48)44-31-11-12-32-45(44)47(43)49;1-22(2)12-9-13-23(3)14-10-15-24(4)16-11-17-25(5)20-21-27-26(6)30(32)28-18-7-8-19-29(28)31(27)33/h11-12,19,21,23,25,27,29,31-33,48-49H,10,13-18,20,22,24,26,28,30,34H2,1-9H3;7-8,12,14,16,18-20,32-33H,9-11,13,15,17,21H2,1-6H3/b35-19+,36-21+,37-23+,38-25+,39-27+,40-29+,41-33+;23-14+,24-16+,25-20+. The van der Waals surface area contributed by atoms with Crippen LogP contribution in [-0.4, -0.2) is 20.4 Å². The van der Waals surface area contributed by atoms with E-state index in [-0.39, 0.29) is 23.0 Å². The van der Waals surface area contributed by atoms with Gasteiger partial charge in [-0.15, -0.1) is 0 Å². The van der Waals surface area contributed by atoms with Crippen molar-refractivity contribution in [2.75, 3.05) is 0 Å². The Morgan fingerprint density at radius 1 is 0.293 bits per heavy atom. The summed E-state index contributed by atoms with van der Waals surface area (Å²) >= 11 is 0. The van der Waals surface area contributed by atoms with Crippen molar-refractivity contribution in [3.63, 3.8) is 0 Å². The average Bonchev–Trinajstić information content (AvgIpc) is 3.43. The molecule has 0 bridgehead atoms. The lowest BCUT2D eigenvalue weighted by atomic mass is 9.95. The SMILES string of the molecule is CC(C)=CCC/C(C)=C/CC/C(C)=C/CC/C(C)=C/Cc1c(C)c(O)c2ccccc2c1O.CC/C(C)=C/CC/C(C)=C/CC/C(C)=C/CC/C(C)=C/CC/C(C)=C/CC/C(C)=C/CC/C(C)=C/Cc1c(C)c(O)c2ccccc2c1O. The lowest BCUT2D eigenvalue weighted by molar-refractivity contribution is 0.461. The maximum absolute atomic E-state index is 10.9. The number of aromatic hydroxyl groups is 4. The Bertz CT molecular complexity index is 3010. The van der Waals surface area contributed by atoms with Crippen LogP contribution in [0.3, 0.4) is 0 Å². The van der Waals surface area contributed by atoms with E-state index < -0.39 is 0 Å². The van der Waals surface area contributed by atoms with E-state index in [1.165, 1.54) is 80.6 Å². The summed E-state index contributed by atoms with van der Waals surface area (Å²) in [5, 5.41) is 45.6. The number of phenolic OH excluding ortho intramolecular Hbond substituents is 4. The maximum Gasteiger partial charge on any atom is 0.127 e. The van der Waals surface area contributed by atoms with Gasteiger partial charge < -0.3 is 20.4 Å². The Labute approximate surface area is 500 Å². The second-order valence-electron chi connectivity index (χ2n) is 24.1. The van der Waals surface area contributed by atoms with Gasteiger partial charge in [0.2, 0.25) is 0 Å². The number of fused-ring (bicyclic) bond motifs is 2. The van der Waals surface area contributed by atoms with Gasteiger partial charge in [-0.2, -0.15) is 0 Å². The van der Waals surface area contributed by atoms with Crippen molar-refractivity contribution in [3.05, 3.63) is 199 Å². The van der Waals surface area contributed by atoms with Gasteiger partial charge in [0.25, 0.3) is 0 Å². The van der Waals surface area contributed by atoms with Crippen LogP contribution in [-0.2, 0) is 12.8 Å². The first kappa shape index (κ1) is 70.0. The maximum atomic E-state index is 10.9. The van der Waals surface area contributed by atoms with E-state index in [0.717, 1.165) is 125 Å². The molecule has 0 aliphatic carbocycles. The number of hydrogen-bond acceptors (Lipinski definition) is 4. The van der Waals surface area contributed by atoms with Crippen LogP contribution in [0.25, 0.3) is 21.5 Å². The Morgan fingerprint density at radius 3 is 0.732 bits per heavy atom. The number of phenols is 4. The first-order valence-electron chi connectivity index (χ1n) is 31.2. The van der Waals surface area contributed by atoms with Gasteiger partial charge in [0.1, 0.15) is 23.0 Å². The van der Waals surface area contributed by atoms with Crippen LogP contribution in [0.5, 0.6) is 23.0 Å². The third-order valence-corrected chi connectivity index (χ3v) is 16.3. The van der Waals surface area contributed by atoms with E-state index in [2.05, 4.69) is 157 Å². The van der Waals surface area contributed by atoms with E-state index in [4.69, 9.17) is 0 Å². The molecule has 0 fully saturated rings. The summed E-state index contributed by atoms with van der Waals surface area (Å²) in [4.78, 5) is 0. The van der Waals surface area contributed by atoms with Crippen molar-refractivity contribution in [1.29, 1.82) is 0 Å². The average molecular weight is 1110 g/mol. The minimum Gasteiger partial charge on any atom is -0.507 e. The van der Waals surface area contributed by atoms with Crippen molar-refractivity contribution >= 4 is 21.5 Å². The zero-order chi connectivity index (χ0) is 60.6. The summed E-state index contributed by atoms with van der Waals surface area (Å²) in [5.41, 5.74) is 19.1. The highest BCUT2D eigenvalue weighted by atomic mass is 16.3. The van der Waals surface area contributed by atoms with Crippen molar-refractivity contribution in [2.45, 2.75) is 239 Å². The number of benzene rings is 4. The molecule has 0 aromatic heterocycles. The van der Waals surface area contributed by atoms with E-state index >= 15 is 0 Å². The molecule has 0 radical (unpaired) electrons. The van der Waals surface area contributed by atoms with E-state index in [1.54, 1.807) is 0 Å². The molecule has 4 rings (SSSR count). The van der Waals surface area contributed by atoms with Crippen LogP contribution in [0, 0.1) is 13.8 Å². The summed E-state index contributed by atoms with van der Waals surface area (Å²) in [6, 6.07) is 15.0. The van der Waals surface area contributed by atoms with Crippen LogP contribution in [0.4, 0.5) is 0 Å². The molecule has 0 unspecified atom stereocenters. The molecule has 4 aromatic rings. The third-order valence-electron chi connectivity index (χ3n) is 16.3. The molecule has 0 amide bonds. The quantitative estimate of drug-likeness (QED) is 0.0290. The molecule has 0 saturated carbocycles. The summed E-state index contributed by atoms with van der Waals surface area (Å²) in [7, 11) is 0. The lowest BCUT2D eigenvalue weighted by Gasteiger charge is -2.13. The van der Waals surface area contributed by atoms with Gasteiger partial charge in [-0.3, -0.25) is 0 Å². The van der Waals surface area contributed by atoms with Crippen molar-refractivity contribution in [2.24, 2.45) is 0 Å². The van der Waals surface area contributed by atoms with Gasteiger partial charge in [-0.25, -0.2) is 0 Å². The molecular weight excluding hydrogens is 1000 g/mol. The fourth-order valence-corrected chi connectivity index (χ4v) is 10.2. The van der Waals surface area contributed by atoms with Gasteiger partial charge in [0.05, 0.1) is 0 Å². The lowest BCUT2D eigenvalue weighted by Crippen LogP contribution is -1.92. The smallest absolute Gasteiger partial charge is 0.127 e. The van der Waals surface area contributed by atoms with Gasteiger partial charge in [-0.1, -0.05) is 184 Å². The Hall–Kier alpha value is -6.26. The molecule has 446 valence electrons. The Kier molecular flexibility index (Phi) is 32.9. The van der Waals surface area contributed by atoms with Gasteiger partial charge in [0, 0.05) is 32.7 Å². The van der Waals surface area contributed by atoms with Crippen LogP contribution in [0.1, 0.15) is 234 Å². The zero-order valence-electron chi connectivity index (χ0n) is 54.1. The molecule has 4 aromatic carbocycles. The van der Waals surface area contributed by atoms with Gasteiger partial charge >= 0.3 is 0 Å². The highest BCUT2D eigenvalue weighted by Crippen LogP contribution is 2.41. The van der Waals surface area contributed by atoms with Crippen molar-refractivity contribution in [3.8, 4) is 23.0 Å². The second-order valence-corrected chi connectivity index (χ2v) is 24.1. The number of rotatable bonds is 32. The predicted octanol–water partition coefficient (Wildman–Crippen LogP) is 24.1. The molecule has 4 nitrogen and oxygen atoms in total. The molecule has 0 heterocycles. The van der Waals surface area contributed by atoms with Crippen LogP contribution < -0.4 is 0 Å². The predicted molar refractivity (Wildman–Crippen MR) is 362 cm³/mol. The van der Waals surface area contributed by atoms with Gasteiger partial charge in [-0.05, 0) is 243 Å². The molecule has 0 saturated heterocycles. The fraction of sp³-hybridized carbons (Fsp3) is 0.462. The monoisotopic (exact) mass is 1110 g/mol. The molecule has 0 atom stereocenters. The summed E-state index contributed by atoms with van der Waals surface area (Å²) in [6.07, 6.45) is 48.4. The molecule has 4 heteroatoms. The number of hydrogen-bond donors (Lipinski definition) is 4. The normalized spacial score (nSPS) is 13.8. The Balaban J connectivity index is 0.000000464. The van der Waals surface area contributed by atoms with E-state index in [1.807, 2.05) is 62.4 Å². The Morgan fingerprint density at radius 2 is 0.500 bits per heavy atom. The zero-order valence-corrected chi connectivity index (χ0v) is 54.1. The summed E-state index contributed by atoms with van der Waals surface area (Å²) in [6.45, 7) is 32.7. The van der Waals surface area contributed by atoms with Gasteiger partial charge in [0.15, 0.2) is 0 Å². The topological polar surface area (TPSA) is 80.9 Å². The van der Waals surface area contributed by atoms with Crippen molar-refractivity contribution in [1.82, 2.24) is 0 Å². The van der Waals surface area contributed by atoms with E-state index in [0.29, 0.717) is 34.4 Å². The fourth-order valence-electron chi connectivity index (χ4n) is 10.2. The van der Waals surface area contributed by atoms with Crippen LogP contribution in [0.15, 0.2) is 177 Å². The molecule has 4 N–H and O–H groups in total. The van der Waals surface area contributed by atoms with Crippen molar-refractivity contribution < 1.29 is 20.4 Å². The molecule has 82 heavy (non-hydrogen) atoms. The van der Waals surface area contributed by atoms with Crippen LogP contribution >= 0.6 is 0 Å². The molecular formula is C78H110O4. The highest BCUT2D eigenvalue weighted by molar-refractivity contribution is 5.96. The molecule has 0 aliphatic heterocycles. The summed E-state index contributed by atoms with van der Waals surface area (Å²) in [5.74, 6) is 1.10. The third kappa shape index (κ3) is 26.3. The second kappa shape index (κ2) is 38.5. The first-order valence-corrected chi connectivity index (χ1v) is 31.2. The minimum atomic E-state index is 0.267. The highest BCUT2D eigenvalue weighted by Gasteiger charge is 2.16. The number of allylic oxidation sites excluding steroid dienone is 22. The van der Waals surface area contributed by atoms with E-state index in [9.17, 15) is 20.4 Å².